The molecule has 4 nitrogen and oxygen atoms in total. The summed E-state index contributed by atoms with van der Waals surface area (Å²) in [4.78, 5) is 0. The van der Waals surface area contributed by atoms with Crippen molar-refractivity contribution in [1.29, 1.82) is 0 Å². The summed E-state index contributed by atoms with van der Waals surface area (Å²) >= 11 is 0. The van der Waals surface area contributed by atoms with Crippen molar-refractivity contribution in [2.75, 3.05) is 13.3 Å². The number of nitrogens with two attached hydrogens (primary N) is 1. The van der Waals surface area contributed by atoms with Gasteiger partial charge in [-0.3, -0.25) is 0 Å². The van der Waals surface area contributed by atoms with Gasteiger partial charge in [0.25, 0.3) is 0 Å². The summed E-state index contributed by atoms with van der Waals surface area (Å²) < 4.78 is 10.6. The lowest BCUT2D eigenvalue weighted by molar-refractivity contribution is 0.174. The molecule has 0 fully saturated rings. The predicted octanol–water partition coefficient (Wildman–Crippen LogP) is 1.49. The standard InChI is InChI=1S/C13H20N2O2/c1-9(2)11(6-14)15-7-10-3-4-12-13(5-10)17-8-16-12/h3-5,9,11,15H,6-8,14H2,1-2H3. The van der Waals surface area contributed by atoms with E-state index in [1.807, 2.05) is 12.1 Å². The molecule has 1 heterocycles. The quantitative estimate of drug-likeness (QED) is 0.813. The van der Waals surface area contributed by atoms with Gasteiger partial charge in [0.1, 0.15) is 0 Å². The number of nitrogens with one attached hydrogen (secondary N) is 1. The van der Waals surface area contributed by atoms with Crippen LogP contribution < -0.4 is 20.5 Å². The molecule has 4 heteroatoms. The van der Waals surface area contributed by atoms with Gasteiger partial charge >= 0.3 is 0 Å². The van der Waals surface area contributed by atoms with Crippen LogP contribution in [0.3, 0.4) is 0 Å². The fraction of sp³-hybridized carbons (Fsp3) is 0.538. The SMILES string of the molecule is CC(C)C(CN)NCc1ccc2c(c1)OCO2. The van der Waals surface area contributed by atoms with Crippen LogP contribution in [0.5, 0.6) is 11.5 Å². The smallest absolute Gasteiger partial charge is 0.231 e. The number of fused-ring (bicyclic) bond motifs is 1. The van der Waals surface area contributed by atoms with Crippen LogP contribution in [0.15, 0.2) is 18.2 Å². The van der Waals surface area contributed by atoms with Crippen molar-refractivity contribution < 1.29 is 9.47 Å². The Bertz CT molecular complexity index is 380. The first-order chi connectivity index (χ1) is 8.20. The van der Waals surface area contributed by atoms with E-state index in [-0.39, 0.29) is 0 Å². The number of hydrogen-bond acceptors (Lipinski definition) is 4. The Labute approximate surface area is 102 Å². The van der Waals surface area contributed by atoms with Crippen molar-refractivity contribution in [2.45, 2.75) is 26.4 Å². The molecule has 0 saturated heterocycles. The fourth-order valence-electron chi connectivity index (χ4n) is 1.89. The summed E-state index contributed by atoms with van der Waals surface area (Å²) in [5.41, 5.74) is 6.91. The lowest BCUT2D eigenvalue weighted by Crippen LogP contribution is -2.39. The highest BCUT2D eigenvalue weighted by atomic mass is 16.7. The molecule has 1 unspecified atom stereocenters. The van der Waals surface area contributed by atoms with Crippen LogP contribution in [-0.4, -0.2) is 19.4 Å². The van der Waals surface area contributed by atoms with Gasteiger partial charge < -0.3 is 20.5 Å². The van der Waals surface area contributed by atoms with E-state index in [9.17, 15) is 0 Å². The van der Waals surface area contributed by atoms with Gasteiger partial charge in [0.05, 0.1) is 0 Å². The van der Waals surface area contributed by atoms with E-state index >= 15 is 0 Å². The summed E-state index contributed by atoms with van der Waals surface area (Å²) in [5.74, 6) is 2.19. The first-order valence-electron chi connectivity index (χ1n) is 6.02. The lowest BCUT2D eigenvalue weighted by atomic mass is 10.0. The molecular formula is C13H20N2O2. The minimum Gasteiger partial charge on any atom is -0.454 e. The van der Waals surface area contributed by atoms with Gasteiger partial charge in [-0.15, -0.1) is 0 Å². The zero-order valence-electron chi connectivity index (χ0n) is 10.4. The van der Waals surface area contributed by atoms with Crippen LogP contribution >= 0.6 is 0 Å². The van der Waals surface area contributed by atoms with E-state index < -0.39 is 0 Å². The van der Waals surface area contributed by atoms with E-state index in [1.54, 1.807) is 0 Å². The highest BCUT2D eigenvalue weighted by Crippen LogP contribution is 2.32. The number of ether oxygens (including phenoxy) is 2. The Morgan fingerprint density at radius 2 is 2.06 bits per heavy atom. The van der Waals surface area contributed by atoms with Crippen LogP contribution in [0, 0.1) is 5.92 Å². The van der Waals surface area contributed by atoms with Crippen LogP contribution in [0.1, 0.15) is 19.4 Å². The van der Waals surface area contributed by atoms with Crippen molar-refractivity contribution in [3.05, 3.63) is 23.8 Å². The molecule has 1 aromatic carbocycles. The molecule has 0 aliphatic carbocycles. The van der Waals surface area contributed by atoms with Crippen LogP contribution in [0.25, 0.3) is 0 Å². The van der Waals surface area contributed by atoms with Crippen LogP contribution in [-0.2, 0) is 6.54 Å². The Kier molecular flexibility index (Phi) is 3.86. The minimum atomic E-state index is 0.323. The molecule has 0 bridgehead atoms. The molecule has 94 valence electrons. The highest BCUT2D eigenvalue weighted by Gasteiger charge is 2.14. The zero-order chi connectivity index (χ0) is 12.3. The molecular weight excluding hydrogens is 216 g/mol. The molecule has 0 amide bonds. The molecule has 17 heavy (non-hydrogen) atoms. The molecule has 1 aromatic rings. The Morgan fingerprint density at radius 1 is 1.29 bits per heavy atom. The third kappa shape index (κ3) is 2.90. The van der Waals surface area contributed by atoms with E-state index in [0.29, 0.717) is 25.3 Å². The average Bonchev–Trinajstić information content (AvgIpc) is 2.76. The zero-order valence-corrected chi connectivity index (χ0v) is 10.4. The van der Waals surface area contributed by atoms with Gasteiger partial charge in [-0.25, -0.2) is 0 Å². The second kappa shape index (κ2) is 5.38. The first-order valence-corrected chi connectivity index (χ1v) is 6.02. The Hall–Kier alpha value is -1.26. The second-order valence-corrected chi connectivity index (χ2v) is 4.65. The second-order valence-electron chi connectivity index (χ2n) is 4.65. The van der Waals surface area contributed by atoms with Crippen molar-refractivity contribution in [3.8, 4) is 11.5 Å². The third-order valence-electron chi connectivity index (χ3n) is 3.06. The molecule has 0 spiro atoms. The minimum absolute atomic E-state index is 0.323. The molecule has 3 N–H and O–H groups in total. The molecule has 0 aromatic heterocycles. The normalized spacial score (nSPS) is 15.3. The summed E-state index contributed by atoms with van der Waals surface area (Å²) in [6, 6.07) is 6.37. The molecule has 0 saturated carbocycles. The molecule has 0 radical (unpaired) electrons. The summed E-state index contributed by atoms with van der Waals surface area (Å²) in [6.07, 6.45) is 0. The first kappa shape index (κ1) is 12.2. The fourth-order valence-corrected chi connectivity index (χ4v) is 1.89. The molecule has 2 rings (SSSR count). The van der Waals surface area contributed by atoms with Gasteiger partial charge in [-0.05, 0) is 23.6 Å². The third-order valence-corrected chi connectivity index (χ3v) is 3.06. The van der Waals surface area contributed by atoms with Crippen molar-refractivity contribution >= 4 is 0 Å². The van der Waals surface area contributed by atoms with Gasteiger partial charge in [0.15, 0.2) is 11.5 Å². The Morgan fingerprint density at radius 3 is 2.76 bits per heavy atom. The number of benzene rings is 1. The number of hydrogen-bond donors (Lipinski definition) is 2. The summed E-state index contributed by atoms with van der Waals surface area (Å²) in [7, 11) is 0. The monoisotopic (exact) mass is 236 g/mol. The topological polar surface area (TPSA) is 56.5 Å². The maximum absolute atomic E-state index is 5.72. The summed E-state index contributed by atoms with van der Waals surface area (Å²) in [5, 5.41) is 3.45. The maximum atomic E-state index is 5.72. The maximum Gasteiger partial charge on any atom is 0.231 e. The van der Waals surface area contributed by atoms with Gasteiger partial charge in [-0.1, -0.05) is 19.9 Å². The van der Waals surface area contributed by atoms with E-state index in [2.05, 4.69) is 25.2 Å². The van der Waals surface area contributed by atoms with Gasteiger partial charge in [0, 0.05) is 19.1 Å². The largest absolute Gasteiger partial charge is 0.454 e. The summed E-state index contributed by atoms with van der Waals surface area (Å²) in [6.45, 7) is 6.12. The van der Waals surface area contributed by atoms with E-state index in [1.165, 1.54) is 5.56 Å². The molecule has 1 atom stereocenters. The predicted molar refractivity (Wildman–Crippen MR) is 67.1 cm³/mol. The molecule has 1 aliphatic rings. The molecule has 1 aliphatic heterocycles. The van der Waals surface area contributed by atoms with Crippen LogP contribution in [0.4, 0.5) is 0 Å². The highest BCUT2D eigenvalue weighted by molar-refractivity contribution is 5.44. The Balaban J connectivity index is 1.95. The number of rotatable bonds is 5. The van der Waals surface area contributed by atoms with Gasteiger partial charge in [-0.2, -0.15) is 0 Å². The van der Waals surface area contributed by atoms with Crippen molar-refractivity contribution in [1.82, 2.24) is 5.32 Å². The van der Waals surface area contributed by atoms with Crippen LogP contribution in [0.2, 0.25) is 0 Å². The van der Waals surface area contributed by atoms with Gasteiger partial charge in [0.2, 0.25) is 6.79 Å². The van der Waals surface area contributed by atoms with Crippen molar-refractivity contribution in [3.63, 3.8) is 0 Å². The van der Waals surface area contributed by atoms with E-state index in [0.717, 1.165) is 18.0 Å². The average molecular weight is 236 g/mol. The van der Waals surface area contributed by atoms with Crippen molar-refractivity contribution in [2.24, 2.45) is 11.7 Å². The lowest BCUT2D eigenvalue weighted by Gasteiger charge is -2.20. The van der Waals surface area contributed by atoms with E-state index in [4.69, 9.17) is 15.2 Å².